The summed E-state index contributed by atoms with van der Waals surface area (Å²) in [5, 5.41) is 3.16. The van der Waals surface area contributed by atoms with Crippen molar-refractivity contribution in [3.63, 3.8) is 0 Å². The zero-order valence-corrected chi connectivity index (χ0v) is 18.0. The van der Waals surface area contributed by atoms with Crippen molar-refractivity contribution < 1.29 is 14.3 Å². The average Bonchev–Trinajstić information content (AvgIpc) is 3.51. The molecule has 1 amide bonds. The maximum absolute atomic E-state index is 13.2. The van der Waals surface area contributed by atoms with E-state index in [0.29, 0.717) is 6.54 Å². The topological polar surface area (TPSA) is 50.8 Å². The number of carbonyl (C=O) groups excluding carboxylic acids is 1. The van der Waals surface area contributed by atoms with Crippen LogP contribution in [-0.2, 0) is 11.3 Å². The minimum atomic E-state index is -0.126. The van der Waals surface area contributed by atoms with Crippen molar-refractivity contribution in [2.45, 2.75) is 57.0 Å². The van der Waals surface area contributed by atoms with Gasteiger partial charge in [0.2, 0.25) is 12.7 Å². The highest BCUT2D eigenvalue weighted by atomic mass is 35.5. The van der Waals surface area contributed by atoms with Crippen LogP contribution in [0.3, 0.4) is 0 Å². The molecule has 5 rings (SSSR count). The molecule has 1 atom stereocenters. The summed E-state index contributed by atoms with van der Waals surface area (Å²) in [6, 6.07) is 14.3. The molecule has 2 heterocycles. The first-order valence-electron chi connectivity index (χ1n) is 10.8. The first-order valence-corrected chi connectivity index (χ1v) is 10.8. The second kappa shape index (κ2) is 9.27. The van der Waals surface area contributed by atoms with Crippen LogP contribution in [0.15, 0.2) is 42.5 Å². The zero-order chi connectivity index (χ0) is 19.6. The van der Waals surface area contributed by atoms with Gasteiger partial charge in [-0.05, 0) is 61.9 Å². The van der Waals surface area contributed by atoms with Crippen molar-refractivity contribution >= 4 is 24.0 Å². The van der Waals surface area contributed by atoms with Gasteiger partial charge in [0.15, 0.2) is 11.5 Å². The highest BCUT2D eigenvalue weighted by Crippen LogP contribution is 2.40. The number of hydrogen-bond acceptors (Lipinski definition) is 4. The van der Waals surface area contributed by atoms with Crippen LogP contribution in [0.4, 0.5) is 5.69 Å². The molecule has 5 nitrogen and oxygen atoms in total. The lowest BCUT2D eigenvalue weighted by molar-refractivity contribution is -0.121. The Balaban J connectivity index is 0.00000218. The number of carbonyl (C=O) groups is 1. The first-order chi connectivity index (χ1) is 14.3. The number of fused-ring (bicyclic) bond motifs is 1. The molecule has 1 aliphatic carbocycles. The molecule has 1 saturated heterocycles. The van der Waals surface area contributed by atoms with Crippen LogP contribution < -0.4 is 14.8 Å². The minimum Gasteiger partial charge on any atom is -0.454 e. The highest BCUT2D eigenvalue weighted by molar-refractivity contribution is 5.94. The van der Waals surface area contributed by atoms with Gasteiger partial charge in [-0.1, -0.05) is 37.1 Å². The van der Waals surface area contributed by atoms with E-state index in [1.807, 2.05) is 24.3 Å². The summed E-state index contributed by atoms with van der Waals surface area (Å²) in [4.78, 5) is 15.5. The fourth-order valence-corrected chi connectivity index (χ4v) is 4.47. The Hall–Kier alpha value is -2.24. The summed E-state index contributed by atoms with van der Waals surface area (Å²) in [6.07, 6.45) is 6.84. The molecular weight excluding hydrogens is 400 g/mol. The zero-order valence-electron chi connectivity index (χ0n) is 17.1. The van der Waals surface area contributed by atoms with Gasteiger partial charge < -0.3 is 14.8 Å². The van der Waals surface area contributed by atoms with Gasteiger partial charge in [0.25, 0.3) is 0 Å². The Labute approximate surface area is 184 Å². The molecule has 1 saturated carbocycles. The van der Waals surface area contributed by atoms with Gasteiger partial charge in [0.05, 0.1) is 6.04 Å². The number of amides is 1. The molecule has 0 bridgehead atoms. The van der Waals surface area contributed by atoms with Crippen LogP contribution >= 0.6 is 12.4 Å². The van der Waals surface area contributed by atoms with E-state index in [2.05, 4.69) is 28.4 Å². The first kappa shape index (κ1) is 21.0. The molecule has 0 unspecified atom stereocenters. The molecule has 2 aromatic rings. The van der Waals surface area contributed by atoms with Crippen LogP contribution in [0.25, 0.3) is 0 Å². The molecule has 0 aromatic heterocycles. The van der Waals surface area contributed by atoms with Gasteiger partial charge in [-0.2, -0.15) is 0 Å². The van der Waals surface area contributed by atoms with Gasteiger partial charge in [0.1, 0.15) is 0 Å². The Morgan fingerprint density at radius 2 is 1.83 bits per heavy atom. The van der Waals surface area contributed by atoms with Crippen molar-refractivity contribution in [3.8, 4) is 11.5 Å². The van der Waals surface area contributed by atoms with Crippen LogP contribution in [-0.4, -0.2) is 30.2 Å². The SMILES string of the molecule is Cl.O=C(Nc1ccc(C2CC2)cc1)[C@@H]1CCCCCN1Cc1cccc2c1OCO2. The number of benzene rings is 2. The van der Waals surface area contributed by atoms with E-state index >= 15 is 0 Å². The smallest absolute Gasteiger partial charge is 0.241 e. The van der Waals surface area contributed by atoms with E-state index in [1.54, 1.807) is 0 Å². The number of ether oxygens (including phenoxy) is 2. The number of nitrogens with one attached hydrogen (secondary N) is 1. The number of likely N-dealkylation sites (tertiary alicyclic amines) is 1. The number of anilines is 1. The summed E-state index contributed by atoms with van der Waals surface area (Å²) in [7, 11) is 0. The number of rotatable bonds is 5. The van der Waals surface area contributed by atoms with Crippen LogP contribution in [0.5, 0.6) is 11.5 Å². The number of halogens is 1. The lowest BCUT2D eigenvalue weighted by Crippen LogP contribution is -2.43. The molecule has 3 aliphatic rings. The van der Waals surface area contributed by atoms with Crippen molar-refractivity contribution in [1.82, 2.24) is 4.90 Å². The average molecular weight is 429 g/mol. The summed E-state index contributed by atoms with van der Waals surface area (Å²) >= 11 is 0. The fourth-order valence-electron chi connectivity index (χ4n) is 4.47. The second-order valence-corrected chi connectivity index (χ2v) is 8.37. The Kier molecular flexibility index (Phi) is 6.49. The fraction of sp³-hybridized carbons (Fsp3) is 0.458. The van der Waals surface area contributed by atoms with Crippen molar-refractivity contribution in [2.24, 2.45) is 0 Å². The van der Waals surface area contributed by atoms with Crippen molar-refractivity contribution in [1.29, 1.82) is 0 Å². The predicted molar refractivity (Wildman–Crippen MR) is 120 cm³/mol. The third kappa shape index (κ3) is 4.57. The molecular formula is C24H29ClN2O3. The van der Waals surface area contributed by atoms with E-state index in [1.165, 1.54) is 24.8 Å². The largest absolute Gasteiger partial charge is 0.454 e. The van der Waals surface area contributed by atoms with Crippen molar-refractivity contribution in [2.75, 3.05) is 18.7 Å². The summed E-state index contributed by atoms with van der Waals surface area (Å²) in [5.74, 6) is 2.45. The van der Waals surface area contributed by atoms with Crippen LogP contribution in [0, 0.1) is 0 Å². The normalized spacial score (nSPS) is 20.9. The quantitative estimate of drug-likeness (QED) is 0.719. The molecule has 2 aliphatic heterocycles. The Morgan fingerprint density at radius 1 is 1.00 bits per heavy atom. The van der Waals surface area contributed by atoms with E-state index in [-0.39, 0.29) is 31.1 Å². The van der Waals surface area contributed by atoms with E-state index in [4.69, 9.17) is 9.47 Å². The lowest BCUT2D eigenvalue weighted by atomic mass is 10.1. The Morgan fingerprint density at radius 3 is 2.63 bits per heavy atom. The van der Waals surface area contributed by atoms with Gasteiger partial charge >= 0.3 is 0 Å². The van der Waals surface area contributed by atoms with E-state index in [0.717, 1.165) is 54.5 Å². The monoisotopic (exact) mass is 428 g/mol. The van der Waals surface area contributed by atoms with E-state index in [9.17, 15) is 4.79 Å². The number of nitrogens with zero attached hydrogens (tertiary/aromatic N) is 1. The van der Waals surface area contributed by atoms with Gasteiger partial charge in [0, 0.05) is 17.8 Å². The van der Waals surface area contributed by atoms with Gasteiger partial charge in [-0.3, -0.25) is 9.69 Å². The lowest BCUT2D eigenvalue weighted by Gasteiger charge is -2.29. The maximum atomic E-state index is 13.2. The molecule has 0 spiro atoms. The van der Waals surface area contributed by atoms with Gasteiger partial charge in [-0.25, -0.2) is 0 Å². The molecule has 1 N–H and O–H groups in total. The predicted octanol–water partition coefficient (Wildman–Crippen LogP) is 5.10. The van der Waals surface area contributed by atoms with E-state index < -0.39 is 0 Å². The number of para-hydroxylation sites is 1. The number of hydrogen-bond donors (Lipinski definition) is 1. The molecule has 0 radical (unpaired) electrons. The van der Waals surface area contributed by atoms with Gasteiger partial charge in [-0.15, -0.1) is 12.4 Å². The summed E-state index contributed by atoms with van der Waals surface area (Å²) < 4.78 is 11.2. The highest BCUT2D eigenvalue weighted by Gasteiger charge is 2.29. The Bertz CT molecular complexity index is 883. The molecule has 30 heavy (non-hydrogen) atoms. The molecule has 2 fully saturated rings. The van der Waals surface area contributed by atoms with Crippen LogP contribution in [0.2, 0.25) is 0 Å². The molecule has 2 aromatic carbocycles. The third-order valence-electron chi connectivity index (χ3n) is 6.24. The third-order valence-corrected chi connectivity index (χ3v) is 6.24. The summed E-state index contributed by atoms with van der Waals surface area (Å²) in [5.41, 5.74) is 3.37. The standard InChI is InChI=1S/C24H28N2O3.ClH/c27-24(25-20-12-10-18(11-13-20)17-8-9-17)21-6-2-1-3-14-26(21)15-19-5-4-7-22-23(19)29-16-28-22;/h4-5,7,10-13,17,21H,1-3,6,8-9,14-16H2,(H,25,27);1H/t21-;/m0./s1. The van der Waals surface area contributed by atoms with Crippen LogP contribution in [0.1, 0.15) is 55.6 Å². The van der Waals surface area contributed by atoms with Crippen molar-refractivity contribution in [3.05, 3.63) is 53.6 Å². The molecule has 160 valence electrons. The summed E-state index contributed by atoms with van der Waals surface area (Å²) in [6.45, 7) is 1.89. The maximum Gasteiger partial charge on any atom is 0.241 e. The molecule has 6 heteroatoms. The second-order valence-electron chi connectivity index (χ2n) is 8.37. The minimum absolute atomic E-state index is 0.